The van der Waals surface area contributed by atoms with Gasteiger partial charge >= 0.3 is 0 Å². The second-order valence-corrected chi connectivity index (χ2v) is 5.20. The van der Waals surface area contributed by atoms with Crippen molar-refractivity contribution >= 4 is 5.95 Å². The van der Waals surface area contributed by atoms with Crippen LogP contribution in [0.4, 0.5) is 5.95 Å². The van der Waals surface area contributed by atoms with Crippen LogP contribution in [0, 0.1) is 0 Å². The quantitative estimate of drug-likeness (QED) is 0.742. The Morgan fingerprint density at radius 3 is 2.11 bits per heavy atom. The highest BCUT2D eigenvalue weighted by Gasteiger charge is 2.10. The molecule has 4 nitrogen and oxygen atoms in total. The van der Waals surface area contributed by atoms with Gasteiger partial charge in [-0.3, -0.25) is 9.78 Å². The number of rotatable bonds is 0. The van der Waals surface area contributed by atoms with E-state index < -0.39 is 0 Å². The van der Waals surface area contributed by atoms with Gasteiger partial charge in [-0.2, -0.15) is 0 Å². The lowest BCUT2D eigenvalue weighted by Crippen LogP contribution is -2.20. The fraction of sp³-hybridized carbons (Fsp3) is 0.714. The number of nitrogens with zero attached hydrogens (tertiary/aromatic N) is 1. The molecule has 4 heteroatoms. The van der Waals surface area contributed by atoms with E-state index in [1.54, 1.807) is 0 Å². The van der Waals surface area contributed by atoms with Crippen LogP contribution in [0.1, 0.15) is 62.6 Å². The Hall–Kier alpha value is -1.32. The van der Waals surface area contributed by atoms with Gasteiger partial charge in [-0.15, -0.1) is 0 Å². The molecular formula is C14H23N3O. The van der Waals surface area contributed by atoms with Crippen LogP contribution in [-0.4, -0.2) is 9.97 Å². The second kappa shape index (κ2) is 6.57. The zero-order valence-electron chi connectivity index (χ0n) is 11.0. The minimum atomic E-state index is -0.0328. The highest BCUT2D eigenvalue weighted by molar-refractivity contribution is 5.25. The Bertz CT molecular complexity index is 439. The van der Waals surface area contributed by atoms with Gasteiger partial charge in [0.1, 0.15) is 0 Å². The number of aromatic amines is 1. The topological polar surface area (TPSA) is 71.8 Å². The molecule has 100 valence electrons. The van der Waals surface area contributed by atoms with Gasteiger partial charge in [0.25, 0.3) is 5.56 Å². The maximum Gasteiger partial charge on any atom is 0.255 e. The first-order chi connectivity index (χ1) is 8.77. The summed E-state index contributed by atoms with van der Waals surface area (Å²) in [5.74, 6) is 0.255. The number of nitrogens with one attached hydrogen (secondary N) is 1. The van der Waals surface area contributed by atoms with Crippen molar-refractivity contribution in [1.82, 2.24) is 9.97 Å². The van der Waals surface area contributed by atoms with E-state index in [-0.39, 0.29) is 11.5 Å². The molecule has 1 aliphatic carbocycles. The second-order valence-electron chi connectivity index (χ2n) is 5.20. The Balaban J connectivity index is 2.17. The third kappa shape index (κ3) is 3.59. The van der Waals surface area contributed by atoms with Crippen molar-refractivity contribution < 1.29 is 0 Å². The van der Waals surface area contributed by atoms with Crippen molar-refractivity contribution in [2.45, 2.75) is 64.2 Å². The number of aromatic nitrogens is 2. The van der Waals surface area contributed by atoms with Crippen LogP contribution in [0.5, 0.6) is 0 Å². The van der Waals surface area contributed by atoms with Crippen LogP contribution >= 0.6 is 0 Å². The summed E-state index contributed by atoms with van der Waals surface area (Å²) in [6, 6.07) is 0. The predicted octanol–water partition coefficient (Wildman–Crippen LogP) is 2.57. The molecule has 0 fully saturated rings. The molecule has 1 aromatic rings. The minimum Gasteiger partial charge on any atom is -0.369 e. The molecule has 0 saturated carbocycles. The average molecular weight is 249 g/mol. The van der Waals surface area contributed by atoms with Crippen LogP contribution in [0.3, 0.4) is 0 Å². The summed E-state index contributed by atoms with van der Waals surface area (Å²) in [6.07, 6.45) is 11.6. The number of hydrogen-bond donors (Lipinski definition) is 2. The number of nitrogen functional groups attached to an aromatic ring is 1. The number of H-pyrrole nitrogens is 1. The molecule has 2 rings (SSSR count). The van der Waals surface area contributed by atoms with Crippen molar-refractivity contribution in [2.75, 3.05) is 5.73 Å². The lowest BCUT2D eigenvalue weighted by molar-refractivity contribution is 0.555. The molecule has 0 amide bonds. The largest absolute Gasteiger partial charge is 0.369 e. The van der Waals surface area contributed by atoms with Gasteiger partial charge < -0.3 is 5.73 Å². The number of hydrogen-bond acceptors (Lipinski definition) is 3. The van der Waals surface area contributed by atoms with Gasteiger partial charge in [0, 0.05) is 5.56 Å². The summed E-state index contributed by atoms with van der Waals surface area (Å²) in [5, 5.41) is 0. The predicted molar refractivity (Wildman–Crippen MR) is 73.6 cm³/mol. The lowest BCUT2D eigenvalue weighted by Gasteiger charge is -2.10. The molecule has 0 atom stereocenters. The molecule has 18 heavy (non-hydrogen) atoms. The molecule has 0 unspecified atom stereocenters. The number of nitrogens with two attached hydrogens (primary N) is 1. The zero-order valence-corrected chi connectivity index (χ0v) is 11.0. The van der Waals surface area contributed by atoms with Crippen molar-refractivity contribution in [2.24, 2.45) is 0 Å². The van der Waals surface area contributed by atoms with E-state index in [9.17, 15) is 4.79 Å². The summed E-state index contributed by atoms with van der Waals surface area (Å²) in [6.45, 7) is 0. The molecule has 0 spiro atoms. The van der Waals surface area contributed by atoms with Gasteiger partial charge in [-0.1, -0.05) is 38.5 Å². The standard InChI is InChI=1S/C14H23N3O/c15-14-16-12-10-8-6-4-2-1-3-5-7-9-11(12)13(18)17-14/h1-10H2,(H3,15,16,17,18). The molecule has 0 saturated heterocycles. The Kier molecular flexibility index (Phi) is 4.79. The average Bonchev–Trinajstić information content (AvgIpc) is 2.31. The summed E-state index contributed by atoms with van der Waals surface area (Å²) in [7, 11) is 0. The van der Waals surface area contributed by atoms with Crippen molar-refractivity contribution in [1.29, 1.82) is 0 Å². The van der Waals surface area contributed by atoms with Crippen LogP contribution in [0.2, 0.25) is 0 Å². The molecule has 0 aliphatic heterocycles. The van der Waals surface area contributed by atoms with Gasteiger partial charge in [-0.05, 0) is 25.7 Å². The lowest BCUT2D eigenvalue weighted by atomic mass is 9.99. The van der Waals surface area contributed by atoms with E-state index in [4.69, 9.17) is 5.73 Å². The van der Waals surface area contributed by atoms with Crippen molar-refractivity contribution in [3.05, 3.63) is 21.6 Å². The molecule has 0 bridgehead atoms. The SMILES string of the molecule is Nc1nc2c(c(=O)[nH]1)CCCCCCCCCC2. The number of aryl methyl sites for hydroxylation is 1. The van der Waals surface area contributed by atoms with Gasteiger partial charge in [0.2, 0.25) is 5.95 Å². The van der Waals surface area contributed by atoms with E-state index in [0.29, 0.717) is 0 Å². The van der Waals surface area contributed by atoms with Crippen molar-refractivity contribution in [3.63, 3.8) is 0 Å². The van der Waals surface area contributed by atoms with Crippen LogP contribution in [-0.2, 0) is 12.8 Å². The zero-order chi connectivity index (χ0) is 12.8. The van der Waals surface area contributed by atoms with Crippen LogP contribution < -0.4 is 11.3 Å². The van der Waals surface area contributed by atoms with E-state index in [1.165, 1.54) is 38.5 Å². The first-order valence-corrected chi connectivity index (χ1v) is 7.15. The fourth-order valence-corrected chi connectivity index (χ4v) is 2.68. The van der Waals surface area contributed by atoms with Crippen LogP contribution in [0.15, 0.2) is 4.79 Å². The monoisotopic (exact) mass is 249 g/mol. The fourth-order valence-electron chi connectivity index (χ4n) is 2.68. The molecule has 3 N–H and O–H groups in total. The van der Waals surface area contributed by atoms with Gasteiger partial charge in [-0.25, -0.2) is 4.98 Å². The molecule has 0 radical (unpaired) electrons. The molecule has 1 heterocycles. The van der Waals surface area contributed by atoms with E-state index >= 15 is 0 Å². The highest BCUT2D eigenvalue weighted by atomic mass is 16.1. The number of anilines is 1. The van der Waals surface area contributed by atoms with E-state index in [0.717, 1.165) is 36.9 Å². The summed E-state index contributed by atoms with van der Waals surface area (Å²) in [4.78, 5) is 18.9. The molecular weight excluding hydrogens is 226 g/mol. The Morgan fingerprint density at radius 1 is 0.889 bits per heavy atom. The smallest absolute Gasteiger partial charge is 0.255 e. The third-order valence-corrected chi connectivity index (χ3v) is 3.71. The Labute approximate surface area is 108 Å². The molecule has 0 aromatic carbocycles. The maximum absolute atomic E-state index is 11.9. The van der Waals surface area contributed by atoms with Gasteiger partial charge in [0.05, 0.1) is 5.69 Å². The third-order valence-electron chi connectivity index (χ3n) is 3.71. The summed E-state index contributed by atoms with van der Waals surface area (Å²) in [5.41, 5.74) is 7.39. The Morgan fingerprint density at radius 2 is 1.44 bits per heavy atom. The summed E-state index contributed by atoms with van der Waals surface area (Å²) >= 11 is 0. The molecule has 1 aliphatic rings. The summed E-state index contributed by atoms with van der Waals surface area (Å²) < 4.78 is 0. The van der Waals surface area contributed by atoms with Crippen molar-refractivity contribution in [3.8, 4) is 0 Å². The maximum atomic E-state index is 11.9. The van der Waals surface area contributed by atoms with Crippen LogP contribution in [0.25, 0.3) is 0 Å². The van der Waals surface area contributed by atoms with E-state index in [2.05, 4.69) is 9.97 Å². The first-order valence-electron chi connectivity index (χ1n) is 7.15. The minimum absolute atomic E-state index is 0.0328. The first kappa shape index (κ1) is 13.1. The number of fused-ring (bicyclic) bond motifs is 1. The molecule has 1 aromatic heterocycles. The van der Waals surface area contributed by atoms with Gasteiger partial charge in [0.15, 0.2) is 0 Å². The van der Waals surface area contributed by atoms with E-state index in [1.807, 2.05) is 0 Å². The highest BCUT2D eigenvalue weighted by Crippen LogP contribution is 2.16. The normalized spacial score (nSPS) is 18.4.